The van der Waals surface area contributed by atoms with Crippen LogP contribution in [0, 0.1) is 0 Å². The maximum Gasteiger partial charge on any atom is 0.271 e. The maximum absolute atomic E-state index is 11.8. The van der Waals surface area contributed by atoms with Gasteiger partial charge in [-0.3, -0.25) is 4.79 Å². The van der Waals surface area contributed by atoms with Crippen molar-refractivity contribution >= 4 is 22.0 Å². The van der Waals surface area contributed by atoms with Crippen molar-refractivity contribution in [1.82, 2.24) is 5.43 Å². The fourth-order valence-corrected chi connectivity index (χ4v) is 2.27. The molecule has 0 heterocycles. The average Bonchev–Trinajstić information content (AvgIpc) is 2.48. The summed E-state index contributed by atoms with van der Waals surface area (Å²) in [5, 5.41) is 12.9. The number of rotatable bonds is 4. The molecule has 2 rings (SSSR count). The first kappa shape index (κ1) is 15.7. The summed E-state index contributed by atoms with van der Waals surface area (Å²) in [6.45, 7) is 0. The average molecular weight is 318 g/mol. The number of hydrogen-bond donors (Lipinski definition) is 2. The molecular formula is C15H14N2O4S. The number of phenols is 1. The Morgan fingerprint density at radius 2 is 1.68 bits per heavy atom. The molecule has 0 radical (unpaired) electrons. The quantitative estimate of drug-likeness (QED) is 0.660. The Hall–Kier alpha value is -2.67. The largest absolute Gasteiger partial charge is 0.508 e. The summed E-state index contributed by atoms with van der Waals surface area (Å²) in [4.78, 5) is 12.0. The van der Waals surface area contributed by atoms with Crippen LogP contribution in [0.25, 0.3) is 0 Å². The van der Waals surface area contributed by atoms with Gasteiger partial charge in [-0.05, 0) is 54.1 Å². The topological polar surface area (TPSA) is 95.8 Å². The lowest BCUT2D eigenvalue weighted by Gasteiger charge is -2.02. The summed E-state index contributed by atoms with van der Waals surface area (Å²) in [6.07, 6.45) is 2.53. The maximum atomic E-state index is 11.8. The predicted octanol–water partition coefficient (Wildman–Crippen LogP) is 1.56. The van der Waals surface area contributed by atoms with E-state index in [1.165, 1.54) is 42.6 Å². The van der Waals surface area contributed by atoms with Crippen molar-refractivity contribution in [1.29, 1.82) is 0 Å². The molecule has 0 bridgehead atoms. The lowest BCUT2D eigenvalue weighted by molar-refractivity contribution is 0.0955. The lowest BCUT2D eigenvalue weighted by Crippen LogP contribution is -2.17. The summed E-state index contributed by atoms with van der Waals surface area (Å²) in [7, 11) is -3.28. The first-order valence-corrected chi connectivity index (χ1v) is 8.18. The van der Waals surface area contributed by atoms with Gasteiger partial charge in [-0.2, -0.15) is 5.10 Å². The zero-order valence-electron chi connectivity index (χ0n) is 11.7. The second-order valence-corrected chi connectivity index (χ2v) is 6.60. The van der Waals surface area contributed by atoms with Crippen LogP contribution in [0.2, 0.25) is 0 Å². The normalized spacial score (nSPS) is 11.5. The molecule has 7 heteroatoms. The van der Waals surface area contributed by atoms with Crippen LogP contribution in [0.1, 0.15) is 15.9 Å². The van der Waals surface area contributed by atoms with Crippen molar-refractivity contribution in [3.05, 3.63) is 59.7 Å². The van der Waals surface area contributed by atoms with E-state index in [4.69, 9.17) is 5.11 Å². The molecule has 1 amide bonds. The van der Waals surface area contributed by atoms with Gasteiger partial charge in [-0.1, -0.05) is 0 Å². The minimum atomic E-state index is -3.28. The van der Waals surface area contributed by atoms with E-state index >= 15 is 0 Å². The van der Waals surface area contributed by atoms with Gasteiger partial charge in [0.1, 0.15) is 5.75 Å². The molecule has 2 N–H and O–H groups in total. The first-order valence-electron chi connectivity index (χ1n) is 6.29. The van der Waals surface area contributed by atoms with Crippen LogP contribution < -0.4 is 5.43 Å². The summed E-state index contributed by atoms with van der Waals surface area (Å²) >= 11 is 0. The van der Waals surface area contributed by atoms with E-state index in [1.54, 1.807) is 12.1 Å². The molecule has 0 spiro atoms. The van der Waals surface area contributed by atoms with Crippen molar-refractivity contribution in [3.63, 3.8) is 0 Å². The van der Waals surface area contributed by atoms with Gasteiger partial charge in [-0.25, -0.2) is 13.8 Å². The van der Waals surface area contributed by atoms with Crippen molar-refractivity contribution in [2.45, 2.75) is 4.90 Å². The Kier molecular flexibility index (Phi) is 4.57. The highest BCUT2D eigenvalue weighted by Crippen LogP contribution is 2.10. The van der Waals surface area contributed by atoms with Crippen molar-refractivity contribution in [2.75, 3.05) is 6.26 Å². The molecule has 6 nitrogen and oxygen atoms in total. The Balaban J connectivity index is 2.02. The van der Waals surface area contributed by atoms with Crippen LogP contribution in [-0.2, 0) is 9.84 Å². The van der Waals surface area contributed by atoms with Crippen LogP contribution >= 0.6 is 0 Å². The van der Waals surface area contributed by atoms with Crippen molar-refractivity contribution in [2.24, 2.45) is 5.10 Å². The monoisotopic (exact) mass is 318 g/mol. The van der Waals surface area contributed by atoms with E-state index in [1.807, 2.05) is 0 Å². The molecule has 0 fully saturated rings. The van der Waals surface area contributed by atoms with Gasteiger partial charge >= 0.3 is 0 Å². The molecule has 0 aliphatic carbocycles. The van der Waals surface area contributed by atoms with Crippen molar-refractivity contribution < 1.29 is 18.3 Å². The third kappa shape index (κ3) is 4.16. The Labute approximate surface area is 128 Å². The van der Waals surface area contributed by atoms with Crippen LogP contribution in [0.4, 0.5) is 0 Å². The van der Waals surface area contributed by atoms with E-state index in [2.05, 4.69) is 10.5 Å². The number of carbonyl (C=O) groups is 1. The molecule has 0 aromatic heterocycles. The molecule has 0 aliphatic heterocycles. The van der Waals surface area contributed by atoms with Gasteiger partial charge in [0.25, 0.3) is 5.91 Å². The third-order valence-electron chi connectivity index (χ3n) is 2.82. The van der Waals surface area contributed by atoms with Crippen LogP contribution in [0.3, 0.4) is 0 Å². The number of hydrogen-bond acceptors (Lipinski definition) is 5. The molecule has 0 saturated heterocycles. The molecule has 0 aliphatic rings. The number of nitrogens with zero attached hydrogens (tertiary/aromatic N) is 1. The molecule has 22 heavy (non-hydrogen) atoms. The summed E-state index contributed by atoms with van der Waals surface area (Å²) in [6, 6.07) is 11.9. The number of nitrogens with one attached hydrogen (secondary N) is 1. The second-order valence-electron chi connectivity index (χ2n) is 4.59. The molecule has 0 unspecified atom stereocenters. The second kappa shape index (κ2) is 6.40. The van der Waals surface area contributed by atoms with E-state index in [0.717, 1.165) is 6.26 Å². The van der Waals surface area contributed by atoms with E-state index in [-0.39, 0.29) is 10.6 Å². The van der Waals surface area contributed by atoms with E-state index in [9.17, 15) is 13.2 Å². The number of sulfone groups is 1. The van der Waals surface area contributed by atoms with Gasteiger partial charge < -0.3 is 5.11 Å². The zero-order chi connectivity index (χ0) is 16.2. The molecule has 0 saturated carbocycles. The van der Waals surface area contributed by atoms with E-state index < -0.39 is 15.7 Å². The van der Waals surface area contributed by atoms with Crippen LogP contribution in [-0.4, -0.2) is 31.9 Å². The minimum Gasteiger partial charge on any atom is -0.508 e. The van der Waals surface area contributed by atoms with Gasteiger partial charge in [0.15, 0.2) is 9.84 Å². The predicted molar refractivity (Wildman–Crippen MR) is 82.7 cm³/mol. The van der Waals surface area contributed by atoms with Gasteiger partial charge in [0.2, 0.25) is 0 Å². The highest BCUT2D eigenvalue weighted by Gasteiger charge is 2.09. The fraction of sp³-hybridized carbons (Fsp3) is 0.0667. The van der Waals surface area contributed by atoms with Crippen molar-refractivity contribution in [3.8, 4) is 5.75 Å². The van der Waals surface area contributed by atoms with Gasteiger partial charge in [-0.15, -0.1) is 0 Å². The van der Waals surface area contributed by atoms with Gasteiger partial charge in [0, 0.05) is 11.8 Å². The summed E-state index contributed by atoms with van der Waals surface area (Å²) in [5.74, 6) is -0.303. The zero-order valence-corrected chi connectivity index (χ0v) is 12.5. The Morgan fingerprint density at radius 1 is 1.09 bits per heavy atom. The van der Waals surface area contributed by atoms with Crippen LogP contribution in [0.15, 0.2) is 58.5 Å². The summed E-state index contributed by atoms with van der Waals surface area (Å²) in [5.41, 5.74) is 3.35. The summed E-state index contributed by atoms with van der Waals surface area (Å²) < 4.78 is 22.7. The Bertz CT molecular complexity index is 794. The minimum absolute atomic E-state index is 0.146. The molecule has 114 valence electrons. The number of aromatic hydroxyl groups is 1. The number of carbonyl (C=O) groups excluding carboxylic acids is 1. The number of amides is 1. The highest BCUT2D eigenvalue weighted by molar-refractivity contribution is 7.90. The molecule has 2 aromatic carbocycles. The standard InChI is InChI=1S/C15H14N2O4S/c1-22(20,21)14-8-4-12(5-9-14)15(19)17-16-10-11-2-6-13(18)7-3-11/h2-10,18H,1H3,(H,17,19)/b16-10+. The third-order valence-corrected chi connectivity index (χ3v) is 3.95. The van der Waals surface area contributed by atoms with Gasteiger partial charge in [0.05, 0.1) is 11.1 Å². The number of hydrazone groups is 1. The fourth-order valence-electron chi connectivity index (χ4n) is 1.64. The molecule has 0 atom stereocenters. The first-order chi connectivity index (χ1) is 10.4. The molecular weight excluding hydrogens is 304 g/mol. The smallest absolute Gasteiger partial charge is 0.271 e. The SMILES string of the molecule is CS(=O)(=O)c1ccc(C(=O)N/N=C/c2ccc(O)cc2)cc1. The van der Waals surface area contributed by atoms with E-state index in [0.29, 0.717) is 11.1 Å². The number of benzene rings is 2. The highest BCUT2D eigenvalue weighted by atomic mass is 32.2. The lowest BCUT2D eigenvalue weighted by atomic mass is 10.2. The van der Waals surface area contributed by atoms with Crippen LogP contribution in [0.5, 0.6) is 5.75 Å². The number of phenolic OH excluding ortho intramolecular Hbond substituents is 1. The molecule has 2 aromatic rings. The Morgan fingerprint density at radius 3 is 2.23 bits per heavy atom.